The van der Waals surface area contributed by atoms with Crippen molar-refractivity contribution < 1.29 is 29.5 Å². The summed E-state index contributed by atoms with van der Waals surface area (Å²) >= 11 is 0. The van der Waals surface area contributed by atoms with Gasteiger partial charge in [0.2, 0.25) is 0 Å². The third kappa shape index (κ3) is 6.44. The smallest absolute Gasteiger partial charge is 0.335 e. The van der Waals surface area contributed by atoms with Gasteiger partial charge in [-0.2, -0.15) is 0 Å². The second-order valence-corrected chi connectivity index (χ2v) is 6.24. The molecule has 0 unspecified atom stereocenters. The number of carbonyl (C=O) groups excluding carboxylic acids is 2. The molecule has 0 saturated heterocycles. The molecule has 0 bridgehead atoms. The summed E-state index contributed by atoms with van der Waals surface area (Å²) in [6.45, 7) is 3.62. The lowest BCUT2D eigenvalue weighted by molar-refractivity contribution is -0.150. The highest BCUT2D eigenvalue weighted by atomic mass is 16.7. The molecule has 2 aromatic carbocycles. The van der Waals surface area contributed by atoms with Crippen LogP contribution in [-0.2, 0) is 19.3 Å². The van der Waals surface area contributed by atoms with Crippen LogP contribution in [-0.4, -0.2) is 33.6 Å². The van der Waals surface area contributed by atoms with Crippen LogP contribution in [0.2, 0.25) is 0 Å². The normalized spacial score (nSPS) is 11.8. The standard InChI is InChI=1S/C22H24N2O6/c1-3-17(15-9-5-7-11-19(15)25)23-29-21(27)13-14-22(28)30-24-18(4-2)16-10-6-8-12-20(16)26/h5-12,25-26H,3-4,13-14H2,1-2H3/b23-17+,24-18+. The molecule has 0 aliphatic carbocycles. The Morgan fingerprint density at radius 2 is 1.10 bits per heavy atom. The number of phenols is 2. The molecule has 2 aromatic rings. The second-order valence-electron chi connectivity index (χ2n) is 6.24. The van der Waals surface area contributed by atoms with E-state index < -0.39 is 11.9 Å². The van der Waals surface area contributed by atoms with E-state index in [2.05, 4.69) is 10.3 Å². The molecule has 0 aliphatic heterocycles. The van der Waals surface area contributed by atoms with E-state index in [9.17, 15) is 19.8 Å². The van der Waals surface area contributed by atoms with Gasteiger partial charge in [-0.3, -0.25) is 0 Å². The first kappa shape index (κ1) is 22.6. The average molecular weight is 412 g/mol. The first-order chi connectivity index (χ1) is 14.5. The quantitative estimate of drug-likeness (QED) is 0.366. The molecule has 8 heteroatoms. The van der Waals surface area contributed by atoms with Gasteiger partial charge in [-0.05, 0) is 37.1 Å². The van der Waals surface area contributed by atoms with Gasteiger partial charge in [-0.15, -0.1) is 0 Å². The Labute approximate surface area is 174 Å². The van der Waals surface area contributed by atoms with Gasteiger partial charge in [0, 0.05) is 11.1 Å². The molecule has 0 amide bonds. The zero-order valence-corrected chi connectivity index (χ0v) is 16.9. The Morgan fingerprint density at radius 3 is 1.43 bits per heavy atom. The SMILES string of the molecule is CC/C(=N\OC(=O)CCC(=O)O/N=C(\CC)c1ccccc1O)c1ccccc1O. The van der Waals surface area contributed by atoms with Crippen molar-refractivity contribution in [2.45, 2.75) is 39.5 Å². The number of hydrogen-bond donors (Lipinski definition) is 2. The summed E-state index contributed by atoms with van der Waals surface area (Å²) in [6, 6.07) is 13.2. The van der Waals surface area contributed by atoms with E-state index in [1.165, 1.54) is 12.1 Å². The Hall–Kier alpha value is -3.68. The monoisotopic (exact) mass is 412 g/mol. The third-order valence-corrected chi connectivity index (χ3v) is 4.15. The van der Waals surface area contributed by atoms with E-state index in [-0.39, 0.29) is 24.3 Å². The largest absolute Gasteiger partial charge is 0.507 e. The van der Waals surface area contributed by atoms with E-state index in [0.29, 0.717) is 35.4 Å². The van der Waals surface area contributed by atoms with Gasteiger partial charge >= 0.3 is 11.9 Å². The highest BCUT2D eigenvalue weighted by Gasteiger charge is 2.13. The van der Waals surface area contributed by atoms with Crippen molar-refractivity contribution in [3.63, 3.8) is 0 Å². The van der Waals surface area contributed by atoms with Gasteiger partial charge in [-0.25, -0.2) is 9.59 Å². The molecular formula is C22H24N2O6. The van der Waals surface area contributed by atoms with Crippen LogP contribution >= 0.6 is 0 Å². The zero-order valence-electron chi connectivity index (χ0n) is 16.9. The minimum absolute atomic E-state index is 0.0340. The highest BCUT2D eigenvalue weighted by Crippen LogP contribution is 2.19. The maximum Gasteiger partial charge on any atom is 0.335 e. The molecule has 8 nitrogen and oxygen atoms in total. The number of rotatable bonds is 9. The summed E-state index contributed by atoms with van der Waals surface area (Å²) in [5.41, 5.74) is 1.75. The summed E-state index contributed by atoms with van der Waals surface area (Å²) in [5.74, 6) is -1.36. The molecule has 158 valence electrons. The van der Waals surface area contributed by atoms with Crippen molar-refractivity contribution in [3.8, 4) is 11.5 Å². The lowest BCUT2D eigenvalue weighted by atomic mass is 10.1. The zero-order chi connectivity index (χ0) is 21.9. The molecule has 0 saturated carbocycles. The topological polar surface area (TPSA) is 118 Å². The van der Waals surface area contributed by atoms with Crippen LogP contribution in [0.3, 0.4) is 0 Å². The molecule has 0 radical (unpaired) electrons. The number of nitrogens with zero attached hydrogens (tertiary/aromatic N) is 2. The van der Waals surface area contributed by atoms with Crippen molar-refractivity contribution in [2.75, 3.05) is 0 Å². The molecular weight excluding hydrogens is 388 g/mol. The fourth-order valence-electron chi connectivity index (χ4n) is 2.55. The molecule has 30 heavy (non-hydrogen) atoms. The van der Waals surface area contributed by atoms with Crippen molar-refractivity contribution in [2.24, 2.45) is 10.3 Å². The summed E-state index contributed by atoms with van der Waals surface area (Å²) in [6.07, 6.45) is 0.392. The number of para-hydroxylation sites is 2. The maximum atomic E-state index is 11.9. The first-order valence-corrected chi connectivity index (χ1v) is 9.56. The Balaban J connectivity index is 1.89. The van der Waals surface area contributed by atoms with Crippen LogP contribution < -0.4 is 0 Å². The molecule has 0 aliphatic rings. The lowest BCUT2D eigenvalue weighted by Gasteiger charge is -2.06. The molecule has 0 aromatic heterocycles. The number of aromatic hydroxyl groups is 2. The van der Waals surface area contributed by atoms with Crippen molar-refractivity contribution in [1.82, 2.24) is 0 Å². The van der Waals surface area contributed by atoms with Crippen molar-refractivity contribution in [3.05, 3.63) is 59.7 Å². The highest BCUT2D eigenvalue weighted by molar-refractivity contribution is 6.03. The van der Waals surface area contributed by atoms with Crippen LogP contribution in [0.15, 0.2) is 58.8 Å². The van der Waals surface area contributed by atoms with Crippen LogP contribution in [0.25, 0.3) is 0 Å². The van der Waals surface area contributed by atoms with Gasteiger partial charge in [0.1, 0.15) is 11.5 Å². The van der Waals surface area contributed by atoms with Gasteiger partial charge in [0.15, 0.2) is 0 Å². The number of phenolic OH excluding ortho intramolecular Hbond substituents is 2. The van der Waals surface area contributed by atoms with Gasteiger partial charge in [0.25, 0.3) is 0 Å². The van der Waals surface area contributed by atoms with Crippen LogP contribution in [0, 0.1) is 0 Å². The molecule has 0 spiro atoms. The Kier molecular flexibility index (Phi) is 8.56. The summed E-state index contributed by atoms with van der Waals surface area (Å²) in [7, 11) is 0. The van der Waals surface area contributed by atoms with E-state index in [4.69, 9.17) is 9.68 Å². The van der Waals surface area contributed by atoms with Crippen LogP contribution in [0.4, 0.5) is 0 Å². The Bertz CT molecular complexity index is 875. The maximum absolute atomic E-state index is 11.9. The summed E-state index contributed by atoms with van der Waals surface area (Å²) in [5, 5.41) is 27.3. The van der Waals surface area contributed by atoms with E-state index in [1.807, 2.05) is 13.8 Å². The molecule has 2 N–H and O–H groups in total. The fraction of sp³-hybridized carbons (Fsp3) is 0.273. The number of carbonyl (C=O) groups is 2. The molecule has 0 atom stereocenters. The average Bonchev–Trinajstić information content (AvgIpc) is 2.75. The van der Waals surface area contributed by atoms with Gasteiger partial charge < -0.3 is 19.9 Å². The van der Waals surface area contributed by atoms with Crippen molar-refractivity contribution in [1.29, 1.82) is 0 Å². The molecule has 0 heterocycles. The van der Waals surface area contributed by atoms with Crippen LogP contribution in [0.5, 0.6) is 11.5 Å². The van der Waals surface area contributed by atoms with E-state index in [0.717, 1.165) is 0 Å². The predicted octanol–water partition coefficient (Wildman–Crippen LogP) is 3.89. The number of benzene rings is 2. The summed E-state index contributed by atoms with van der Waals surface area (Å²) < 4.78 is 0. The molecule has 2 rings (SSSR count). The fourth-order valence-corrected chi connectivity index (χ4v) is 2.55. The van der Waals surface area contributed by atoms with Gasteiger partial charge in [-0.1, -0.05) is 48.4 Å². The molecule has 0 fully saturated rings. The van der Waals surface area contributed by atoms with Crippen LogP contribution in [0.1, 0.15) is 50.7 Å². The van der Waals surface area contributed by atoms with Gasteiger partial charge in [0.05, 0.1) is 24.3 Å². The number of oxime groups is 2. The first-order valence-electron chi connectivity index (χ1n) is 9.56. The van der Waals surface area contributed by atoms with Crippen molar-refractivity contribution >= 4 is 23.4 Å². The summed E-state index contributed by atoms with van der Waals surface area (Å²) in [4.78, 5) is 33.4. The lowest BCUT2D eigenvalue weighted by Crippen LogP contribution is -2.10. The minimum Gasteiger partial charge on any atom is -0.507 e. The number of hydrogen-bond acceptors (Lipinski definition) is 8. The predicted molar refractivity (Wildman–Crippen MR) is 111 cm³/mol. The third-order valence-electron chi connectivity index (χ3n) is 4.15. The minimum atomic E-state index is -0.714. The van der Waals surface area contributed by atoms with E-state index in [1.54, 1.807) is 36.4 Å². The second kappa shape index (κ2) is 11.4. The Morgan fingerprint density at radius 1 is 0.733 bits per heavy atom. The van der Waals surface area contributed by atoms with E-state index >= 15 is 0 Å².